The summed E-state index contributed by atoms with van der Waals surface area (Å²) in [6.45, 7) is 10.7. The van der Waals surface area contributed by atoms with Gasteiger partial charge in [0.2, 0.25) is 0 Å². The molecule has 20 heavy (non-hydrogen) atoms. The van der Waals surface area contributed by atoms with Gasteiger partial charge in [0, 0.05) is 23.7 Å². The first kappa shape index (κ1) is 18.7. The highest BCUT2D eigenvalue weighted by Crippen LogP contribution is 2.30. The number of ether oxygens (including phenoxy) is 2. The van der Waals surface area contributed by atoms with Crippen LogP contribution in [0.3, 0.4) is 0 Å². The van der Waals surface area contributed by atoms with Crippen molar-refractivity contribution in [3.63, 3.8) is 0 Å². The standard InChI is InChI=1S/2C8H16OS/c2*1-3-4-8-5-6-9-7(2)10-8/h2*7-8H,3-6H2,1-2H3/t7-,8+;/m1./s1. The Morgan fingerprint density at radius 3 is 1.50 bits per heavy atom. The summed E-state index contributed by atoms with van der Waals surface area (Å²) in [5.41, 5.74) is 0.871. The molecule has 0 bridgehead atoms. The summed E-state index contributed by atoms with van der Waals surface area (Å²) in [5.74, 6) is 0. The molecule has 0 radical (unpaired) electrons. The molecule has 2 heterocycles. The Bertz CT molecular complexity index is 211. The first-order valence-corrected chi connectivity index (χ1v) is 10.1. The Labute approximate surface area is 134 Å². The van der Waals surface area contributed by atoms with Crippen molar-refractivity contribution in [2.24, 2.45) is 0 Å². The van der Waals surface area contributed by atoms with E-state index in [-0.39, 0.29) is 0 Å². The van der Waals surface area contributed by atoms with E-state index in [1.807, 2.05) is 23.5 Å². The second-order valence-electron chi connectivity index (χ2n) is 5.55. The molecule has 2 aliphatic heterocycles. The van der Waals surface area contributed by atoms with Crippen LogP contribution in [-0.2, 0) is 9.47 Å². The van der Waals surface area contributed by atoms with Gasteiger partial charge in [0.25, 0.3) is 0 Å². The summed E-state index contributed by atoms with van der Waals surface area (Å²) >= 11 is 3.98. The van der Waals surface area contributed by atoms with Gasteiger partial charge >= 0.3 is 0 Å². The second kappa shape index (κ2) is 11.2. The second-order valence-corrected chi connectivity index (χ2v) is 8.75. The van der Waals surface area contributed by atoms with E-state index in [0.29, 0.717) is 10.9 Å². The Morgan fingerprint density at radius 2 is 1.20 bits per heavy atom. The molecule has 0 aromatic heterocycles. The van der Waals surface area contributed by atoms with Gasteiger partial charge in [-0.3, -0.25) is 0 Å². The molecule has 2 aliphatic rings. The van der Waals surface area contributed by atoms with Gasteiger partial charge in [0.1, 0.15) is 10.9 Å². The van der Waals surface area contributed by atoms with Crippen molar-refractivity contribution in [2.45, 2.75) is 87.6 Å². The first-order chi connectivity index (χ1) is 9.65. The molecule has 2 unspecified atom stereocenters. The third-order valence-corrected chi connectivity index (χ3v) is 6.33. The van der Waals surface area contributed by atoms with Crippen molar-refractivity contribution in [1.82, 2.24) is 0 Å². The topological polar surface area (TPSA) is 18.5 Å². The maximum Gasteiger partial charge on any atom is 0.100 e. The van der Waals surface area contributed by atoms with Crippen LogP contribution in [-0.4, -0.2) is 34.6 Å². The zero-order chi connectivity index (χ0) is 14.8. The molecule has 2 nitrogen and oxygen atoms in total. The molecule has 2 saturated heterocycles. The molecule has 4 atom stereocenters. The molecule has 4 heteroatoms. The van der Waals surface area contributed by atoms with E-state index in [1.54, 1.807) is 0 Å². The van der Waals surface area contributed by atoms with Crippen LogP contribution in [0.2, 0.25) is 0 Å². The smallest absolute Gasteiger partial charge is 0.100 e. The highest BCUT2D eigenvalue weighted by atomic mass is 32.2. The van der Waals surface area contributed by atoms with Crippen LogP contribution >= 0.6 is 23.5 Å². The van der Waals surface area contributed by atoms with Crippen molar-refractivity contribution >= 4 is 23.5 Å². The molecule has 0 aliphatic carbocycles. The summed E-state index contributed by atoms with van der Waals surface area (Å²) in [4.78, 5) is 0. The van der Waals surface area contributed by atoms with Crippen molar-refractivity contribution in [2.75, 3.05) is 13.2 Å². The molecule has 0 saturated carbocycles. The van der Waals surface area contributed by atoms with Gasteiger partial charge in [-0.15, -0.1) is 23.5 Å². The fourth-order valence-corrected chi connectivity index (χ4v) is 5.20. The lowest BCUT2D eigenvalue weighted by Crippen LogP contribution is -2.20. The Hall–Kier alpha value is 0.620. The third kappa shape index (κ3) is 8.16. The van der Waals surface area contributed by atoms with Crippen molar-refractivity contribution in [1.29, 1.82) is 0 Å². The number of hydrogen-bond donors (Lipinski definition) is 0. The van der Waals surface area contributed by atoms with Crippen molar-refractivity contribution < 1.29 is 9.47 Å². The normalized spacial score (nSPS) is 34.2. The zero-order valence-electron chi connectivity index (χ0n) is 13.6. The van der Waals surface area contributed by atoms with Gasteiger partial charge in [0.15, 0.2) is 0 Å². The SMILES string of the molecule is CCCC1CCOC(C)S1.CCC[C@H]1CCO[C@@H](C)S1. The molecule has 0 aromatic carbocycles. The molecular formula is C16H32O2S2. The number of rotatable bonds is 4. The van der Waals surface area contributed by atoms with E-state index in [9.17, 15) is 0 Å². The van der Waals surface area contributed by atoms with Gasteiger partial charge in [-0.1, -0.05) is 26.7 Å². The highest BCUT2D eigenvalue weighted by Gasteiger charge is 2.19. The van der Waals surface area contributed by atoms with E-state index in [2.05, 4.69) is 27.7 Å². The average molecular weight is 321 g/mol. The van der Waals surface area contributed by atoms with Crippen LogP contribution in [0.4, 0.5) is 0 Å². The predicted octanol–water partition coefficient (Wildman–Crippen LogP) is 5.31. The minimum absolute atomic E-state index is 0.435. The van der Waals surface area contributed by atoms with Crippen LogP contribution in [0.25, 0.3) is 0 Å². The van der Waals surface area contributed by atoms with Gasteiger partial charge in [-0.05, 0) is 39.5 Å². The summed E-state index contributed by atoms with van der Waals surface area (Å²) < 4.78 is 10.8. The minimum Gasteiger partial charge on any atom is -0.368 e. The van der Waals surface area contributed by atoms with E-state index in [1.165, 1.54) is 38.5 Å². The zero-order valence-corrected chi connectivity index (χ0v) is 15.2. The lowest BCUT2D eigenvalue weighted by molar-refractivity contribution is 0.110. The molecule has 0 N–H and O–H groups in total. The summed E-state index contributed by atoms with van der Waals surface area (Å²) in [6, 6.07) is 0. The largest absolute Gasteiger partial charge is 0.368 e. The summed E-state index contributed by atoms with van der Waals surface area (Å²) in [6.07, 6.45) is 7.84. The van der Waals surface area contributed by atoms with Gasteiger partial charge in [-0.2, -0.15) is 0 Å². The fourth-order valence-electron chi connectivity index (χ4n) is 2.56. The van der Waals surface area contributed by atoms with Gasteiger partial charge < -0.3 is 9.47 Å². The van der Waals surface area contributed by atoms with E-state index in [4.69, 9.17) is 9.47 Å². The maximum atomic E-state index is 5.42. The van der Waals surface area contributed by atoms with Crippen LogP contribution in [0.5, 0.6) is 0 Å². The quantitative estimate of drug-likeness (QED) is 0.698. The third-order valence-electron chi connectivity index (χ3n) is 3.57. The van der Waals surface area contributed by atoms with Gasteiger partial charge in [-0.25, -0.2) is 0 Å². The summed E-state index contributed by atoms with van der Waals surface area (Å²) in [7, 11) is 0. The first-order valence-electron chi connectivity index (χ1n) is 8.19. The Kier molecular flexibility index (Phi) is 10.5. The Balaban J connectivity index is 0.000000200. The molecule has 120 valence electrons. The van der Waals surface area contributed by atoms with E-state index >= 15 is 0 Å². The summed E-state index contributed by atoms with van der Waals surface area (Å²) in [5, 5.41) is 1.74. The fraction of sp³-hybridized carbons (Fsp3) is 1.00. The molecule has 0 spiro atoms. The number of thioether (sulfide) groups is 2. The van der Waals surface area contributed by atoms with Crippen LogP contribution in [0, 0.1) is 0 Å². The molecule has 2 fully saturated rings. The van der Waals surface area contributed by atoms with Gasteiger partial charge in [0.05, 0.1) is 0 Å². The minimum atomic E-state index is 0.435. The van der Waals surface area contributed by atoms with Crippen molar-refractivity contribution in [3.05, 3.63) is 0 Å². The molecule has 0 aromatic rings. The van der Waals surface area contributed by atoms with Crippen LogP contribution in [0.15, 0.2) is 0 Å². The number of hydrogen-bond acceptors (Lipinski definition) is 4. The monoisotopic (exact) mass is 320 g/mol. The van der Waals surface area contributed by atoms with Crippen LogP contribution in [0.1, 0.15) is 66.2 Å². The van der Waals surface area contributed by atoms with Crippen LogP contribution < -0.4 is 0 Å². The van der Waals surface area contributed by atoms with E-state index in [0.717, 1.165) is 23.7 Å². The molecule has 0 amide bonds. The molecular weight excluding hydrogens is 288 g/mol. The van der Waals surface area contributed by atoms with Crippen molar-refractivity contribution in [3.8, 4) is 0 Å². The maximum absolute atomic E-state index is 5.42. The average Bonchev–Trinajstić information content (AvgIpc) is 2.40. The predicted molar refractivity (Wildman–Crippen MR) is 92.6 cm³/mol. The lowest BCUT2D eigenvalue weighted by Gasteiger charge is -2.26. The highest BCUT2D eigenvalue weighted by molar-refractivity contribution is 8.00. The lowest BCUT2D eigenvalue weighted by atomic mass is 10.2. The van der Waals surface area contributed by atoms with E-state index < -0.39 is 0 Å². The molecule has 2 rings (SSSR count). The Morgan fingerprint density at radius 1 is 0.800 bits per heavy atom.